The van der Waals surface area contributed by atoms with Gasteiger partial charge in [-0.05, 0) is 42.5 Å². The molecule has 0 spiro atoms. The van der Waals surface area contributed by atoms with E-state index in [9.17, 15) is 4.79 Å². The molecule has 0 atom stereocenters. The zero-order valence-corrected chi connectivity index (χ0v) is 13.5. The van der Waals surface area contributed by atoms with Crippen LogP contribution in [0.5, 0.6) is 11.5 Å². The number of ether oxygens (including phenoxy) is 2. The Labute approximate surface area is 143 Å². The topological polar surface area (TPSA) is 74.5 Å². The van der Waals surface area contributed by atoms with Gasteiger partial charge in [0, 0.05) is 16.1 Å². The summed E-state index contributed by atoms with van der Waals surface area (Å²) in [7, 11) is 1.50. The van der Waals surface area contributed by atoms with E-state index < -0.39 is 0 Å². The van der Waals surface area contributed by atoms with Gasteiger partial charge in [-0.3, -0.25) is 4.79 Å². The molecule has 0 bridgehead atoms. The Balaban J connectivity index is 1.71. The van der Waals surface area contributed by atoms with E-state index in [4.69, 9.17) is 25.5 Å². The summed E-state index contributed by atoms with van der Waals surface area (Å²) in [5.74, 6) is 1.64. The first kappa shape index (κ1) is 16.0. The maximum absolute atomic E-state index is 10.8. The predicted octanol–water partition coefficient (Wildman–Crippen LogP) is 3.79. The van der Waals surface area contributed by atoms with Crippen molar-refractivity contribution in [3.05, 3.63) is 58.9 Å². The number of nitrogens with zero attached hydrogens (tertiary/aromatic N) is 2. The van der Waals surface area contributed by atoms with Crippen molar-refractivity contribution in [2.45, 2.75) is 6.61 Å². The van der Waals surface area contributed by atoms with Gasteiger partial charge >= 0.3 is 0 Å². The molecule has 0 saturated heterocycles. The number of carbonyl (C=O) groups is 1. The lowest BCUT2D eigenvalue weighted by molar-refractivity contribution is 0.112. The van der Waals surface area contributed by atoms with Crippen LogP contribution in [0.2, 0.25) is 5.02 Å². The zero-order chi connectivity index (χ0) is 16.9. The van der Waals surface area contributed by atoms with E-state index in [1.807, 2.05) is 0 Å². The van der Waals surface area contributed by atoms with Crippen molar-refractivity contribution in [3.8, 4) is 23.0 Å². The zero-order valence-electron chi connectivity index (χ0n) is 12.7. The summed E-state index contributed by atoms with van der Waals surface area (Å²) >= 11 is 5.85. The van der Waals surface area contributed by atoms with Gasteiger partial charge in [0.05, 0.1) is 7.11 Å². The Hall–Kier alpha value is -2.86. The van der Waals surface area contributed by atoms with Gasteiger partial charge < -0.3 is 13.9 Å². The van der Waals surface area contributed by atoms with Crippen molar-refractivity contribution >= 4 is 17.9 Å². The SMILES string of the molecule is COc1cc(C=O)ccc1OCc1nnc(-c2ccc(Cl)cc2)o1. The number of halogens is 1. The lowest BCUT2D eigenvalue weighted by Gasteiger charge is -2.09. The Morgan fingerprint density at radius 1 is 1.12 bits per heavy atom. The Bertz CT molecular complexity index is 846. The fourth-order valence-electron chi connectivity index (χ4n) is 2.04. The van der Waals surface area contributed by atoms with Crippen LogP contribution in [-0.2, 0) is 6.61 Å². The fraction of sp³-hybridized carbons (Fsp3) is 0.118. The summed E-state index contributed by atoms with van der Waals surface area (Å²) in [5.41, 5.74) is 1.27. The molecule has 1 heterocycles. The molecule has 0 radical (unpaired) electrons. The normalized spacial score (nSPS) is 10.4. The second-order valence-corrected chi connectivity index (χ2v) is 5.26. The van der Waals surface area contributed by atoms with E-state index in [1.54, 1.807) is 42.5 Å². The van der Waals surface area contributed by atoms with Gasteiger partial charge in [-0.2, -0.15) is 0 Å². The van der Waals surface area contributed by atoms with E-state index in [-0.39, 0.29) is 6.61 Å². The number of aldehydes is 1. The molecule has 0 aliphatic rings. The van der Waals surface area contributed by atoms with Gasteiger partial charge in [0.2, 0.25) is 5.89 Å². The van der Waals surface area contributed by atoms with E-state index in [0.717, 1.165) is 11.8 Å². The summed E-state index contributed by atoms with van der Waals surface area (Å²) in [5, 5.41) is 8.56. The average molecular weight is 345 g/mol. The van der Waals surface area contributed by atoms with Crippen LogP contribution in [0.1, 0.15) is 16.2 Å². The van der Waals surface area contributed by atoms with E-state index >= 15 is 0 Å². The van der Waals surface area contributed by atoms with Gasteiger partial charge in [-0.25, -0.2) is 0 Å². The minimum Gasteiger partial charge on any atom is -0.493 e. The van der Waals surface area contributed by atoms with Gasteiger partial charge in [-0.1, -0.05) is 11.6 Å². The number of carbonyl (C=O) groups excluding carboxylic acids is 1. The van der Waals surface area contributed by atoms with Crippen molar-refractivity contribution < 1.29 is 18.7 Å². The molecule has 0 saturated carbocycles. The number of hydrogen-bond acceptors (Lipinski definition) is 6. The summed E-state index contributed by atoms with van der Waals surface area (Å²) in [6.07, 6.45) is 0.739. The third kappa shape index (κ3) is 3.55. The van der Waals surface area contributed by atoms with Gasteiger partial charge in [0.15, 0.2) is 18.1 Å². The van der Waals surface area contributed by atoms with Crippen LogP contribution in [-0.4, -0.2) is 23.6 Å². The third-order valence-corrected chi connectivity index (χ3v) is 3.48. The monoisotopic (exact) mass is 344 g/mol. The molecule has 3 rings (SSSR count). The molecule has 24 heavy (non-hydrogen) atoms. The predicted molar refractivity (Wildman–Crippen MR) is 87.5 cm³/mol. The largest absolute Gasteiger partial charge is 0.493 e. The molecule has 3 aromatic rings. The van der Waals surface area contributed by atoms with Crippen LogP contribution in [0.4, 0.5) is 0 Å². The minimum absolute atomic E-state index is 0.0807. The number of hydrogen-bond donors (Lipinski definition) is 0. The summed E-state index contributed by atoms with van der Waals surface area (Å²) in [4.78, 5) is 10.8. The number of rotatable bonds is 6. The van der Waals surface area contributed by atoms with Crippen molar-refractivity contribution in [2.75, 3.05) is 7.11 Å². The molecular formula is C17H13ClN2O4. The molecule has 0 fully saturated rings. The number of aromatic nitrogens is 2. The maximum atomic E-state index is 10.8. The molecule has 2 aromatic carbocycles. The first-order chi connectivity index (χ1) is 11.7. The highest BCUT2D eigenvalue weighted by atomic mass is 35.5. The fourth-order valence-corrected chi connectivity index (χ4v) is 2.16. The quantitative estimate of drug-likeness (QED) is 0.633. The highest BCUT2D eigenvalue weighted by Gasteiger charge is 2.11. The lowest BCUT2D eigenvalue weighted by Crippen LogP contribution is -1.98. The first-order valence-electron chi connectivity index (χ1n) is 7.04. The van der Waals surface area contributed by atoms with E-state index in [1.165, 1.54) is 7.11 Å². The number of methoxy groups -OCH3 is 1. The Morgan fingerprint density at radius 2 is 1.92 bits per heavy atom. The highest BCUT2D eigenvalue weighted by Crippen LogP contribution is 2.28. The molecule has 1 aromatic heterocycles. The lowest BCUT2D eigenvalue weighted by atomic mass is 10.2. The minimum atomic E-state index is 0.0807. The van der Waals surface area contributed by atoms with Gasteiger partial charge in [0.25, 0.3) is 5.89 Å². The molecule has 0 amide bonds. The van der Waals surface area contributed by atoms with Crippen molar-refractivity contribution in [1.82, 2.24) is 10.2 Å². The third-order valence-electron chi connectivity index (χ3n) is 3.23. The smallest absolute Gasteiger partial charge is 0.254 e. The van der Waals surface area contributed by atoms with Crippen molar-refractivity contribution in [1.29, 1.82) is 0 Å². The molecule has 0 unspecified atom stereocenters. The second kappa shape index (κ2) is 7.14. The molecule has 122 valence electrons. The molecular weight excluding hydrogens is 332 g/mol. The second-order valence-electron chi connectivity index (χ2n) is 4.82. The summed E-state index contributed by atoms with van der Waals surface area (Å²) in [6, 6.07) is 12.0. The van der Waals surface area contributed by atoms with Gasteiger partial charge in [0.1, 0.15) is 6.29 Å². The summed E-state index contributed by atoms with van der Waals surface area (Å²) in [6.45, 7) is 0.0807. The molecule has 6 nitrogen and oxygen atoms in total. The van der Waals surface area contributed by atoms with Crippen molar-refractivity contribution in [2.24, 2.45) is 0 Å². The molecule has 7 heteroatoms. The van der Waals surface area contributed by atoms with Crippen LogP contribution < -0.4 is 9.47 Å². The average Bonchev–Trinajstić information content (AvgIpc) is 3.09. The maximum Gasteiger partial charge on any atom is 0.254 e. The van der Waals surface area contributed by atoms with Crippen LogP contribution in [0.25, 0.3) is 11.5 Å². The van der Waals surface area contributed by atoms with Crippen LogP contribution in [0.15, 0.2) is 46.9 Å². The standard InChI is InChI=1S/C17H13ClN2O4/c1-22-15-8-11(9-21)2-7-14(15)23-10-16-19-20-17(24-16)12-3-5-13(18)6-4-12/h2-9H,10H2,1H3. The Kier molecular flexibility index (Phi) is 4.77. The van der Waals surface area contributed by atoms with Crippen LogP contribution in [0, 0.1) is 0 Å². The van der Waals surface area contributed by atoms with E-state index in [0.29, 0.717) is 33.9 Å². The first-order valence-corrected chi connectivity index (χ1v) is 7.41. The Morgan fingerprint density at radius 3 is 2.62 bits per heavy atom. The van der Waals surface area contributed by atoms with Crippen LogP contribution in [0.3, 0.4) is 0 Å². The molecule has 0 N–H and O–H groups in total. The summed E-state index contributed by atoms with van der Waals surface area (Å²) < 4.78 is 16.4. The van der Waals surface area contributed by atoms with Gasteiger partial charge in [-0.15, -0.1) is 10.2 Å². The highest BCUT2D eigenvalue weighted by molar-refractivity contribution is 6.30. The van der Waals surface area contributed by atoms with E-state index in [2.05, 4.69) is 10.2 Å². The van der Waals surface area contributed by atoms with Crippen molar-refractivity contribution in [3.63, 3.8) is 0 Å². The number of benzene rings is 2. The molecule has 0 aliphatic heterocycles. The van der Waals surface area contributed by atoms with Crippen LogP contribution >= 0.6 is 11.6 Å². The molecule has 0 aliphatic carbocycles.